The number of carboxylic acids is 1. The maximum absolute atomic E-state index is 12.0. The number of ether oxygens (including phenoxy) is 1. The average molecular weight is 327 g/mol. The van der Waals surface area contributed by atoms with Gasteiger partial charge in [0.2, 0.25) is 0 Å². The summed E-state index contributed by atoms with van der Waals surface area (Å²) < 4.78 is 5.44. The highest BCUT2D eigenvalue weighted by molar-refractivity contribution is 5.78. The van der Waals surface area contributed by atoms with Gasteiger partial charge in [-0.15, -0.1) is 0 Å². The molecule has 24 heavy (non-hydrogen) atoms. The molecule has 0 bridgehead atoms. The minimum atomic E-state index is -0.881. The fourth-order valence-electron chi connectivity index (χ4n) is 2.46. The predicted molar refractivity (Wildman–Crippen MR) is 91.0 cm³/mol. The van der Waals surface area contributed by atoms with E-state index in [-0.39, 0.29) is 25.0 Å². The average Bonchev–Trinajstić information content (AvgIpc) is 2.54. The highest BCUT2D eigenvalue weighted by Crippen LogP contribution is 2.17. The number of rotatable bonds is 7. The molecular weight excluding hydrogens is 306 g/mol. The first-order valence-electron chi connectivity index (χ1n) is 7.74. The molecule has 1 amide bonds. The Morgan fingerprint density at radius 1 is 1.12 bits per heavy atom. The van der Waals surface area contributed by atoms with Gasteiger partial charge in [0.25, 0.3) is 5.91 Å². The fraction of sp³-hybridized carbons (Fsp3) is 0.263. The number of amides is 1. The van der Waals surface area contributed by atoms with Crippen LogP contribution in [-0.4, -0.2) is 23.6 Å². The zero-order chi connectivity index (χ0) is 17.5. The van der Waals surface area contributed by atoms with Crippen LogP contribution in [0.25, 0.3) is 0 Å². The minimum absolute atomic E-state index is 0.0330. The van der Waals surface area contributed by atoms with Gasteiger partial charge in [0.05, 0.1) is 12.5 Å². The Labute approximate surface area is 141 Å². The third-order valence-corrected chi connectivity index (χ3v) is 3.68. The first-order chi connectivity index (χ1) is 11.5. The number of carbonyl (C=O) groups is 2. The Morgan fingerprint density at radius 2 is 1.79 bits per heavy atom. The van der Waals surface area contributed by atoms with Gasteiger partial charge in [-0.05, 0) is 42.7 Å². The Kier molecular flexibility index (Phi) is 5.95. The van der Waals surface area contributed by atoms with Gasteiger partial charge in [-0.3, -0.25) is 9.59 Å². The van der Waals surface area contributed by atoms with Crippen molar-refractivity contribution in [2.24, 2.45) is 0 Å². The molecule has 2 aromatic rings. The SMILES string of the molecule is Cc1ccccc1[C@H](C)NC(=O)COc1ccc(CC(=O)O)cc1. The third kappa shape index (κ3) is 5.12. The van der Waals surface area contributed by atoms with Gasteiger partial charge in [0.15, 0.2) is 6.61 Å². The lowest BCUT2D eigenvalue weighted by Gasteiger charge is -2.16. The Balaban J connectivity index is 1.84. The Bertz CT molecular complexity index is 710. The van der Waals surface area contributed by atoms with Crippen LogP contribution in [0.3, 0.4) is 0 Å². The molecule has 0 spiro atoms. The van der Waals surface area contributed by atoms with E-state index in [1.807, 2.05) is 38.1 Å². The van der Waals surface area contributed by atoms with E-state index >= 15 is 0 Å². The molecule has 0 saturated heterocycles. The van der Waals surface area contributed by atoms with Crippen molar-refractivity contribution in [2.75, 3.05) is 6.61 Å². The molecule has 0 aliphatic heterocycles. The van der Waals surface area contributed by atoms with Crippen LogP contribution < -0.4 is 10.1 Å². The molecule has 0 unspecified atom stereocenters. The van der Waals surface area contributed by atoms with Gasteiger partial charge in [-0.1, -0.05) is 36.4 Å². The van der Waals surface area contributed by atoms with Crippen molar-refractivity contribution in [1.29, 1.82) is 0 Å². The summed E-state index contributed by atoms with van der Waals surface area (Å²) in [5, 5.41) is 11.6. The maximum atomic E-state index is 12.0. The number of nitrogens with one attached hydrogen (secondary N) is 1. The van der Waals surface area contributed by atoms with E-state index in [2.05, 4.69) is 5.32 Å². The van der Waals surface area contributed by atoms with E-state index in [9.17, 15) is 9.59 Å². The number of hydrogen-bond acceptors (Lipinski definition) is 3. The standard InChI is InChI=1S/C19H21NO4/c1-13-5-3-4-6-17(13)14(2)20-18(21)12-24-16-9-7-15(8-10-16)11-19(22)23/h3-10,14H,11-12H2,1-2H3,(H,20,21)(H,22,23)/t14-/m0/s1. The molecule has 2 N–H and O–H groups in total. The topological polar surface area (TPSA) is 75.6 Å². The Hall–Kier alpha value is -2.82. The molecule has 0 heterocycles. The summed E-state index contributed by atoms with van der Waals surface area (Å²) in [5.41, 5.74) is 2.89. The van der Waals surface area contributed by atoms with Crippen LogP contribution in [0.2, 0.25) is 0 Å². The van der Waals surface area contributed by atoms with E-state index in [1.165, 1.54) is 0 Å². The zero-order valence-electron chi connectivity index (χ0n) is 13.8. The smallest absolute Gasteiger partial charge is 0.307 e. The number of benzene rings is 2. The van der Waals surface area contributed by atoms with Crippen molar-refractivity contribution in [2.45, 2.75) is 26.3 Å². The molecule has 0 fully saturated rings. The van der Waals surface area contributed by atoms with Crippen LogP contribution in [-0.2, 0) is 16.0 Å². The molecule has 2 rings (SSSR count). The number of aryl methyl sites for hydroxylation is 1. The van der Waals surface area contributed by atoms with Crippen molar-refractivity contribution in [3.05, 3.63) is 65.2 Å². The number of carbonyl (C=O) groups excluding carboxylic acids is 1. The first kappa shape index (κ1) is 17.5. The van der Waals surface area contributed by atoms with Crippen LogP contribution in [0.5, 0.6) is 5.75 Å². The fourth-order valence-corrected chi connectivity index (χ4v) is 2.46. The molecule has 5 heteroatoms. The molecular formula is C19H21NO4. The van der Waals surface area contributed by atoms with Crippen LogP contribution in [0.15, 0.2) is 48.5 Å². The van der Waals surface area contributed by atoms with Gasteiger partial charge in [-0.2, -0.15) is 0 Å². The quantitative estimate of drug-likeness (QED) is 0.820. The summed E-state index contributed by atoms with van der Waals surface area (Å²) in [6.07, 6.45) is -0.0330. The van der Waals surface area contributed by atoms with Crippen LogP contribution in [0, 0.1) is 6.92 Å². The molecule has 2 aromatic carbocycles. The van der Waals surface area contributed by atoms with Crippen molar-refractivity contribution in [3.63, 3.8) is 0 Å². The van der Waals surface area contributed by atoms with Crippen molar-refractivity contribution in [1.82, 2.24) is 5.32 Å². The molecule has 0 saturated carbocycles. The summed E-state index contributed by atoms with van der Waals surface area (Å²) in [5.74, 6) is -0.559. The van der Waals surface area contributed by atoms with Crippen LogP contribution in [0.1, 0.15) is 29.7 Å². The number of aliphatic carboxylic acids is 1. The zero-order valence-corrected chi connectivity index (χ0v) is 13.8. The molecule has 0 aliphatic carbocycles. The molecule has 1 atom stereocenters. The highest BCUT2D eigenvalue weighted by Gasteiger charge is 2.11. The van der Waals surface area contributed by atoms with Gasteiger partial charge >= 0.3 is 5.97 Å². The second-order valence-corrected chi connectivity index (χ2v) is 5.65. The summed E-state index contributed by atoms with van der Waals surface area (Å²) in [6, 6.07) is 14.5. The van der Waals surface area contributed by atoms with E-state index in [0.29, 0.717) is 11.3 Å². The Morgan fingerprint density at radius 3 is 2.42 bits per heavy atom. The maximum Gasteiger partial charge on any atom is 0.307 e. The van der Waals surface area contributed by atoms with E-state index < -0.39 is 5.97 Å². The lowest BCUT2D eigenvalue weighted by Crippen LogP contribution is -2.31. The van der Waals surface area contributed by atoms with Gasteiger partial charge in [0, 0.05) is 0 Å². The first-order valence-corrected chi connectivity index (χ1v) is 7.74. The molecule has 0 aliphatic rings. The minimum Gasteiger partial charge on any atom is -0.484 e. The van der Waals surface area contributed by atoms with Crippen LogP contribution in [0.4, 0.5) is 0 Å². The van der Waals surface area contributed by atoms with Crippen molar-refractivity contribution < 1.29 is 19.4 Å². The lowest BCUT2D eigenvalue weighted by atomic mass is 10.0. The number of hydrogen-bond donors (Lipinski definition) is 2. The van der Waals surface area contributed by atoms with E-state index in [1.54, 1.807) is 24.3 Å². The van der Waals surface area contributed by atoms with Crippen LogP contribution >= 0.6 is 0 Å². The predicted octanol–water partition coefficient (Wildman–Crippen LogP) is 2.88. The largest absolute Gasteiger partial charge is 0.484 e. The molecule has 0 radical (unpaired) electrons. The second-order valence-electron chi connectivity index (χ2n) is 5.65. The van der Waals surface area contributed by atoms with Gasteiger partial charge in [0.1, 0.15) is 5.75 Å². The third-order valence-electron chi connectivity index (χ3n) is 3.68. The second kappa shape index (κ2) is 8.15. The monoisotopic (exact) mass is 327 g/mol. The summed E-state index contributed by atoms with van der Waals surface area (Å²) >= 11 is 0. The van der Waals surface area contributed by atoms with Crippen molar-refractivity contribution >= 4 is 11.9 Å². The summed E-state index contributed by atoms with van der Waals surface area (Å²) in [7, 11) is 0. The summed E-state index contributed by atoms with van der Waals surface area (Å²) in [4.78, 5) is 22.6. The van der Waals surface area contributed by atoms with E-state index in [4.69, 9.17) is 9.84 Å². The normalized spacial score (nSPS) is 11.6. The molecule has 126 valence electrons. The lowest BCUT2D eigenvalue weighted by molar-refractivity contribution is -0.136. The molecule has 0 aromatic heterocycles. The summed E-state index contributed by atoms with van der Waals surface area (Å²) in [6.45, 7) is 3.85. The van der Waals surface area contributed by atoms with Crippen molar-refractivity contribution in [3.8, 4) is 5.75 Å². The number of carboxylic acid groups (broad SMARTS) is 1. The molecule has 5 nitrogen and oxygen atoms in total. The van der Waals surface area contributed by atoms with Gasteiger partial charge in [-0.25, -0.2) is 0 Å². The highest BCUT2D eigenvalue weighted by atomic mass is 16.5. The van der Waals surface area contributed by atoms with Gasteiger partial charge < -0.3 is 15.2 Å². The van der Waals surface area contributed by atoms with E-state index in [0.717, 1.165) is 11.1 Å².